The molecule has 3 N–H and O–H groups in total. The molecule has 11 nitrogen and oxygen atoms in total. The van der Waals surface area contributed by atoms with Crippen LogP contribution in [0.4, 0.5) is 11.4 Å². The van der Waals surface area contributed by atoms with E-state index in [1.165, 1.54) is 29.0 Å². The Balaban J connectivity index is 1.54. The van der Waals surface area contributed by atoms with Gasteiger partial charge in [0, 0.05) is 18.1 Å². The van der Waals surface area contributed by atoms with Crippen LogP contribution in [-0.4, -0.2) is 58.6 Å². The summed E-state index contributed by atoms with van der Waals surface area (Å²) in [5, 5.41) is 19.2. The summed E-state index contributed by atoms with van der Waals surface area (Å²) in [6.07, 6.45) is 2.96. The quantitative estimate of drug-likeness (QED) is 0.289. The topological polar surface area (TPSA) is 149 Å². The Hall–Kier alpha value is -3.65. The maximum absolute atomic E-state index is 13.2. The molecule has 0 spiro atoms. The van der Waals surface area contributed by atoms with Crippen molar-refractivity contribution in [3.63, 3.8) is 0 Å². The maximum atomic E-state index is 13.2. The number of hydrogen-bond acceptors (Lipinski definition) is 8. The summed E-state index contributed by atoms with van der Waals surface area (Å²) in [7, 11) is -4.62. The van der Waals surface area contributed by atoms with Gasteiger partial charge in [-0.2, -0.15) is 8.42 Å². The molecule has 4 aromatic rings. The summed E-state index contributed by atoms with van der Waals surface area (Å²) in [6.45, 7) is 1.21. The average Bonchev–Trinajstić information content (AvgIpc) is 3.56. The third-order valence-corrected chi connectivity index (χ3v) is 7.52. The number of aromatic nitrogens is 2. The third kappa shape index (κ3) is 5.11. The number of rotatable bonds is 7. The SMILES string of the molecule is N=C1OCCN1c1cccc(Cn2cc3nccc(N(CS(=O)(=O)O)C(=O)c4ccc(Cl)s4)c3c2O)c1. The van der Waals surface area contributed by atoms with Gasteiger partial charge in [0.25, 0.3) is 22.0 Å². The first kappa shape index (κ1) is 25.0. The normalized spacial score (nSPS) is 13.8. The molecule has 1 aliphatic heterocycles. The predicted octanol–water partition coefficient (Wildman–Crippen LogP) is 3.77. The number of nitrogens with one attached hydrogen (secondary N) is 1. The summed E-state index contributed by atoms with van der Waals surface area (Å²) >= 11 is 6.91. The molecule has 1 aliphatic rings. The van der Waals surface area contributed by atoms with Crippen molar-refractivity contribution in [2.45, 2.75) is 6.54 Å². The molecule has 1 fully saturated rings. The first-order valence-electron chi connectivity index (χ1n) is 10.9. The Labute approximate surface area is 220 Å². The molecule has 0 unspecified atom stereocenters. The number of carbonyl (C=O) groups excluding carboxylic acids is 1. The molecule has 1 aromatic carbocycles. The van der Waals surface area contributed by atoms with Crippen LogP contribution in [0.15, 0.2) is 54.9 Å². The highest BCUT2D eigenvalue weighted by Gasteiger charge is 2.28. The van der Waals surface area contributed by atoms with Crippen LogP contribution in [0.2, 0.25) is 4.34 Å². The number of thiophene rings is 1. The fourth-order valence-electron chi connectivity index (χ4n) is 4.13. The molecular formula is C23H20ClN5O6S2. The van der Waals surface area contributed by atoms with Crippen LogP contribution in [-0.2, 0) is 21.4 Å². The van der Waals surface area contributed by atoms with Gasteiger partial charge in [0.2, 0.25) is 5.88 Å². The Kier molecular flexibility index (Phi) is 6.54. The zero-order chi connectivity index (χ0) is 26.3. The number of benzene rings is 1. The van der Waals surface area contributed by atoms with E-state index in [1.807, 2.05) is 24.3 Å². The number of ether oxygens (including phenoxy) is 1. The van der Waals surface area contributed by atoms with Gasteiger partial charge < -0.3 is 14.4 Å². The van der Waals surface area contributed by atoms with Gasteiger partial charge in [-0.05, 0) is 35.9 Å². The molecule has 4 heterocycles. The number of hydrogen-bond donors (Lipinski definition) is 3. The standard InChI is InChI=1S/C23H20ClN5O6S2/c24-19-5-4-18(36-19)21(30)29(13-37(32,33)34)17-6-7-26-16-12-27(22(31)20(16)17)11-14-2-1-3-15(10-14)28-8-9-35-23(28)25/h1-7,10,12,25,31H,8-9,11,13H2,(H,32,33,34). The second-order valence-electron chi connectivity index (χ2n) is 8.19. The predicted molar refractivity (Wildman–Crippen MR) is 141 cm³/mol. The number of fused-ring (bicyclic) bond motifs is 1. The fraction of sp³-hybridized carbons (Fsp3) is 0.174. The summed E-state index contributed by atoms with van der Waals surface area (Å²) in [4.78, 5) is 20.3. The van der Waals surface area contributed by atoms with E-state index >= 15 is 0 Å². The molecule has 0 bridgehead atoms. The van der Waals surface area contributed by atoms with E-state index in [2.05, 4.69) is 4.98 Å². The van der Waals surface area contributed by atoms with Gasteiger partial charge in [0.05, 0.1) is 38.9 Å². The lowest BCUT2D eigenvalue weighted by atomic mass is 10.2. The van der Waals surface area contributed by atoms with Crippen molar-refractivity contribution in [1.29, 1.82) is 5.41 Å². The first-order valence-corrected chi connectivity index (χ1v) is 13.7. The van der Waals surface area contributed by atoms with Crippen LogP contribution in [0.25, 0.3) is 10.9 Å². The molecule has 192 valence electrons. The molecule has 3 aromatic heterocycles. The highest BCUT2D eigenvalue weighted by atomic mass is 35.5. The second-order valence-corrected chi connectivity index (χ2v) is 11.3. The lowest BCUT2D eigenvalue weighted by Crippen LogP contribution is -2.35. The molecule has 14 heteroatoms. The third-order valence-electron chi connectivity index (χ3n) is 5.72. The number of carbonyl (C=O) groups is 1. The molecule has 0 atom stereocenters. The molecule has 5 rings (SSSR count). The molecule has 37 heavy (non-hydrogen) atoms. The van der Waals surface area contributed by atoms with E-state index < -0.39 is 21.9 Å². The van der Waals surface area contributed by atoms with Gasteiger partial charge in [-0.25, -0.2) is 0 Å². The van der Waals surface area contributed by atoms with Crippen molar-refractivity contribution in [3.05, 3.63) is 69.6 Å². The van der Waals surface area contributed by atoms with E-state index in [0.717, 1.165) is 27.5 Å². The van der Waals surface area contributed by atoms with Crippen molar-refractivity contribution in [1.82, 2.24) is 9.55 Å². The van der Waals surface area contributed by atoms with Crippen LogP contribution in [0.5, 0.6) is 5.88 Å². The summed E-state index contributed by atoms with van der Waals surface area (Å²) in [5.41, 5.74) is 1.96. The largest absolute Gasteiger partial charge is 0.494 e. The lowest BCUT2D eigenvalue weighted by molar-refractivity contribution is 0.0994. The summed E-state index contributed by atoms with van der Waals surface area (Å²) in [5.74, 6) is -1.98. The number of halogens is 1. The summed E-state index contributed by atoms with van der Waals surface area (Å²) in [6, 6.07) is 11.8. The van der Waals surface area contributed by atoms with Gasteiger partial charge in [-0.1, -0.05) is 23.7 Å². The highest BCUT2D eigenvalue weighted by Crippen LogP contribution is 2.37. The lowest BCUT2D eigenvalue weighted by Gasteiger charge is -2.21. The number of pyridine rings is 1. The van der Waals surface area contributed by atoms with E-state index in [0.29, 0.717) is 23.0 Å². The molecule has 0 saturated carbocycles. The zero-order valence-electron chi connectivity index (χ0n) is 19.0. The molecule has 0 aliphatic carbocycles. The van der Waals surface area contributed by atoms with Crippen molar-refractivity contribution in [3.8, 4) is 5.88 Å². The van der Waals surface area contributed by atoms with Gasteiger partial charge in [-0.3, -0.25) is 29.5 Å². The van der Waals surface area contributed by atoms with Crippen LogP contribution in [0, 0.1) is 5.41 Å². The molecule has 1 saturated heterocycles. The highest BCUT2D eigenvalue weighted by molar-refractivity contribution is 7.85. The maximum Gasteiger partial charge on any atom is 0.289 e. The number of anilines is 2. The minimum absolute atomic E-state index is 0.0600. The van der Waals surface area contributed by atoms with Gasteiger partial charge in [-0.15, -0.1) is 11.3 Å². The Morgan fingerprint density at radius 1 is 1.27 bits per heavy atom. The van der Waals surface area contributed by atoms with Crippen molar-refractivity contribution >= 4 is 67.3 Å². The van der Waals surface area contributed by atoms with Crippen LogP contribution in [0.3, 0.4) is 0 Å². The molecular weight excluding hydrogens is 542 g/mol. The number of amidine groups is 1. The first-order chi connectivity index (χ1) is 17.6. The number of amides is 1. The van der Waals surface area contributed by atoms with Crippen LogP contribution >= 0.6 is 22.9 Å². The molecule has 1 amide bonds. The zero-order valence-corrected chi connectivity index (χ0v) is 21.4. The van der Waals surface area contributed by atoms with Crippen LogP contribution < -0.4 is 9.80 Å². The number of aromatic hydroxyl groups is 1. The second kappa shape index (κ2) is 9.67. The van der Waals surface area contributed by atoms with Crippen molar-refractivity contribution in [2.75, 3.05) is 28.8 Å². The van der Waals surface area contributed by atoms with Gasteiger partial charge in [0.1, 0.15) is 6.61 Å². The van der Waals surface area contributed by atoms with E-state index in [-0.39, 0.29) is 34.4 Å². The van der Waals surface area contributed by atoms with Crippen LogP contribution in [0.1, 0.15) is 15.2 Å². The number of nitrogens with zero attached hydrogens (tertiary/aromatic N) is 4. The Bertz CT molecular complexity index is 1630. The van der Waals surface area contributed by atoms with Crippen molar-refractivity contribution in [2.24, 2.45) is 0 Å². The van der Waals surface area contributed by atoms with Crippen molar-refractivity contribution < 1.29 is 27.6 Å². The smallest absolute Gasteiger partial charge is 0.289 e. The van der Waals surface area contributed by atoms with E-state index in [1.54, 1.807) is 11.1 Å². The average molecular weight is 562 g/mol. The fourth-order valence-corrected chi connectivity index (χ4v) is 5.71. The summed E-state index contributed by atoms with van der Waals surface area (Å²) < 4.78 is 40.3. The minimum atomic E-state index is -4.62. The Morgan fingerprint density at radius 3 is 2.76 bits per heavy atom. The van der Waals surface area contributed by atoms with Gasteiger partial charge in [0.15, 0.2) is 5.88 Å². The Morgan fingerprint density at radius 2 is 2.08 bits per heavy atom. The van der Waals surface area contributed by atoms with Gasteiger partial charge >= 0.3 is 0 Å². The minimum Gasteiger partial charge on any atom is -0.494 e. The monoisotopic (exact) mass is 561 g/mol. The molecule has 0 radical (unpaired) electrons. The van der Waals surface area contributed by atoms with E-state index in [4.69, 9.17) is 21.7 Å². The van der Waals surface area contributed by atoms with E-state index in [9.17, 15) is 22.9 Å².